The summed E-state index contributed by atoms with van der Waals surface area (Å²) in [4.78, 5) is 29.2. The van der Waals surface area contributed by atoms with Gasteiger partial charge in [-0.3, -0.25) is 14.3 Å². The van der Waals surface area contributed by atoms with Crippen molar-refractivity contribution in [1.29, 1.82) is 0 Å². The summed E-state index contributed by atoms with van der Waals surface area (Å²) in [5, 5.41) is 0.542. The Balaban J connectivity index is 1.65. The highest BCUT2D eigenvalue weighted by Crippen LogP contribution is 2.33. The summed E-state index contributed by atoms with van der Waals surface area (Å²) in [6.07, 6.45) is -0.171. The summed E-state index contributed by atoms with van der Waals surface area (Å²) in [7, 11) is 1.64. The lowest BCUT2D eigenvalue weighted by Crippen LogP contribution is -2.39. The van der Waals surface area contributed by atoms with Crippen molar-refractivity contribution in [1.82, 2.24) is 19.5 Å². The number of ether oxygens (including phenoxy) is 1. The fourth-order valence-corrected chi connectivity index (χ4v) is 4.69. The van der Waals surface area contributed by atoms with E-state index in [0.717, 1.165) is 17.0 Å². The molecule has 0 unspecified atom stereocenters. The third-order valence-corrected chi connectivity index (χ3v) is 6.56. The van der Waals surface area contributed by atoms with E-state index in [1.165, 1.54) is 10.6 Å². The van der Waals surface area contributed by atoms with E-state index in [-0.39, 0.29) is 33.3 Å². The van der Waals surface area contributed by atoms with Gasteiger partial charge in [-0.15, -0.1) is 0 Å². The van der Waals surface area contributed by atoms with E-state index in [9.17, 15) is 4.79 Å². The molecule has 9 heteroatoms. The normalized spacial score (nSPS) is 16.2. The van der Waals surface area contributed by atoms with Crippen LogP contribution >= 0.6 is 11.6 Å². The predicted octanol–water partition coefficient (Wildman–Crippen LogP) is 4.69. The first-order chi connectivity index (χ1) is 16.7. The summed E-state index contributed by atoms with van der Waals surface area (Å²) in [6.45, 7) is 7.34. The maximum atomic E-state index is 15.0. The van der Waals surface area contributed by atoms with Gasteiger partial charge in [-0.05, 0) is 56.7 Å². The molecule has 1 atom stereocenters. The summed E-state index contributed by atoms with van der Waals surface area (Å²) in [5.41, 5.74) is 3.55. The lowest BCUT2D eigenvalue weighted by atomic mass is 10.1. The van der Waals surface area contributed by atoms with Gasteiger partial charge < -0.3 is 9.64 Å². The molecule has 1 aliphatic rings. The molecule has 0 amide bonds. The van der Waals surface area contributed by atoms with Gasteiger partial charge in [0.15, 0.2) is 0 Å². The van der Waals surface area contributed by atoms with Crippen LogP contribution in [0.1, 0.15) is 28.9 Å². The Morgan fingerprint density at radius 2 is 1.80 bits per heavy atom. The predicted molar refractivity (Wildman–Crippen MR) is 135 cm³/mol. The van der Waals surface area contributed by atoms with Crippen LogP contribution in [0.2, 0.25) is 5.02 Å². The molecule has 1 saturated heterocycles. The summed E-state index contributed by atoms with van der Waals surface area (Å²) in [5.74, 6) is 0.622. The van der Waals surface area contributed by atoms with E-state index >= 15 is 4.39 Å². The molecule has 3 aromatic heterocycles. The van der Waals surface area contributed by atoms with Crippen molar-refractivity contribution < 1.29 is 9.13 Å². The topological polar surface area (TPSA) is 73.1 Å². The third-order valence-electron chi connectivity index (χ3n) is 6.32. The minimum Gasteiger partial charge on any atom is -0.370 e. The van der Waals surface area contributed by atoms with E-state index in [4.69, 9.17) is 21.3 Å². The Hall–Kier alpha value is -3.36. The molecule has 7 nitrogen and oxygen atoms in total. The number of anilines is 1. The number of benzene rings is 1. The summed E-state index contributed by atoms with van der Waals surface area (Å²) >= 11 is 5.98. The second kappa shape index (κ2) is 9.02. The van der Waals surface area contributed by atoms with Gasteiger partial charge in [0.05, 0.1) is 23.2 Å². The molecule has 0 spiro atoms. The summed E-state index contributed by atoms with van der Waals surface area (Å²) in [6, 6.07) is 10.2. The molecule has 1 aromatic carbocycles. The van der Waals surface area contributed by atoms with Crippen LogP contribution in [0.4, 0.5) is 10.2 Å². The molecule has 180 valence electrons. The van der Waals surface area contributed by atoms with Crippen molar-refractivity contribution in [3.63, 3.8) is 0 Å². The second-order valence-corrected chi connectivity index (χ2v) is 9.30. The first-order valence-electron chi connectivity index (χ1n) is 11.4. The molecule has 4 aromatic rings. The van der Waals surface area contributed by atoms with Crippen LogP contribution in [0.15, 0.2) is 41.2 Å². The number of aromatic nitrogens is 4. The van der Waals surface area contributed by atoms with Gasteiger partial charge in [-0.1, -0.05) is 11.6 Å². The van der Waals surface area contributed by atoms with Crippen molar-refractivity contribution in [2.45, 2.75) is 26.9 Å². The number of rotatable bonds is 3. The van der Waals surface area contributed by atoms with Gasteiger partial charge >= 0.3 is 0 Å². The van der Waals surface area contributed by atoms with Crippen LogP contribution in [-0.2, 0) is 11.8 Å². The van der Waals surface area contributed by atoms with Crippen molar-refractivity contribution in [2.75, 3.05) is 24.6 Å². The zero-order valence-electron chi connectivity index (χ0n) is 20.0. The fourth-order valence-electron chi connectivity index (χ4n) is 4.53. The Kier molecular flexibility index (Phi) is 6.02. The molecule has 35 heavy (non-hydrogen) atoms. The van der Waals surface area contributed by atoms with Crippen LogP contribution in [-0.4, -0.2) is 39.2 Å². The van der Waals surface area contributed by atoms with Crippen molar-refractivity contribution in [2.24, 2.45) is 7.05 Å². The van der Waals surface area contributed by atoms with Gasteiger partial charge in [0.2, 0.25) is 0 Å². The highest BCUT2D eigenvalue weighted by atomic mass is 35.5. The number of hydrogen-bond donors (Lipinski definition) is 0. The SMILES string of the molecule is Cc1cc([C@H]2CN(c3cc4nc(C)n(C)c(=O)c4c(-c4ccc(Cl)cc4F)n3)CCO2)cc(C)n1. The number of aryl methyl sites for hydroxylation is 3. The van der Waals surface area contributed by atoms with Gasteiger partial charge in [-0.25, -0.2) is 14.4 Å². The van der Waals surface area contributed by atoms with Crippen LogP contribution in [0.5, 0.6) is 0 Å². The zero-order chi connectivity index (χ0) is 24.9. The van der Waals surface area contributed by atoms with Gasteiger partial charge in [0.25, 0.3) is 5.56 Å². The quantitative estimate of drug-likeness (QED) is 0.412. The van der Waals surface area contributed by atoms with E-state index in [0.29, 0.717) is 36.9 Å². The number of pyridine rings is 2. The van der Waals surface area contributed by atoms with Gasteiger partial charge in [0, 0.05) is 48.2 Å². The van der Waals surface area contributed by atoms with E-state index < -0.39 is 5.82 Å². The monoisotopic (exact) mass is 493 g/mol. The van der Waals surface area contributed by atoms with E-state index in [1.807, 2.05) is 26.0 Å². The molecular formula is C26H25ClFN5O2. The molecule has 1 aliphatic heterocycles. The number of halogens is 2. The van der Waals surface area contributed by atoms with E-state index in [1.54, 1.807) is 32.2 Å². The van der Waals surface area contributed by atoms with Crippen LogP contribution in [0, 0.1) is 26.6 Å². The molecule has 0 bridgehead atoms. The van der Waals surface area contributed by atoms with Crippen molar-refractivity contribution in [3.05, 3.63) is 80.4 Å². The molecular weight excluding hydrogens is 469 g/mol. The Morgan fingerprint density at radius 3 is 2.51 bits per heavy atom. The van der Waals surface area contributed by atoms with Crippen molar-refractivity contribution >= 4 is 28.3 Å². The first kappa shape index (κ1) is 23.4. The highest BCUT2D eigenvalue weighted by Gasteiger charge is 2.26. The molecule has 1 fully saturated rings. The number of nitrogens with zero attached hydrogens (tertiary/aromatic N) is 5. The lowest BCUT2D eigenvalue weighted by molar-refractivity contribution is 0.0394. The number of fused-ring (bicyclic) bond motifs is 1. The van der Waals surface area contributed by atoms with Gasteiger partial charge in [0.1, 0.15) is 23.6 Å². The van der Waals surface area contributed by atoms with Crippen molar-refractivity contribution in [3.8, 4) is 11.3 Å². The average Bonchev–Trinajstić information content (AvgIpc) is 2.81. The largest absolute Gasteiger partial charge is 0.370 e. The molecule has 0 saturated carbocycles. The minimum absolute atomic E-state index is 0.171. The average molecular weight is 494 g/mol. The highest BCUT2D eigenvalue weighted by molar-refractivity contribution is 6.30. The van der Waals surface area contributed by atoms with Crippen LogP contribution in [0.25, 0.3) is 22.2 Å². The number of morpholine rings is 1. The number of hydrogen-bond acceptors (Lipinski definition) is 6. The molecule has 4 heterocycles. The maximum Gasteiger partial charge on any atom is 0.263 e. The maximum absolute atomic E-state index is 15.0. The Bertz CT molecular complexity index is 1500. The summed E-state index contributed by atoms with van der Waals surface area (Å²) < 4.78 is 22.5. The smallest absolute Gasteiger partial charge is 0.263 e. The molecule has 0 N–H and O–H groups in total. The Labute approximate surface area is 207 Å². The lowest BCUT2D eigenvalue weighted by Gasteiger charge is -2.34. The molecule has 5 rings (SSSR count). The first-order valence-corrected chi connectivity index (χ1v) is 11.7. The third kappa shape index (κ3) is 4.39. The zero-order valence-corrected chi connectivity index (χ0v) is 20.7. The minimum atomic E-state index is -0.548. The van der Waals surface area contributed by atoms with Gasteiger partial charge in [-0.2, -0.15) is 0 Å². The molecule has 0 aliphatic carbocycles. The second-order valence-electron chi connectivity index (χ2n) is 8.86. The standard InChI is InChI=1S/C26H25ClFN5O2/c1-14-9-17(10-15(2)29-14)22-13-33(7-8-35-22)23-12-21-24(26(34)32(4)16(3)30-21)25(31-23)19-6-5-18(27)11-20(19)28/h5-6,9-12,22H,7-8,13H2,1-4H3/t22-/m1/s1. The molecule has 0 radical (unpaired) electrons. The van der Waals surface area contributed by atoms with E-state index in [2.05, 4.69) is 14.9 Å². The van der Waals surface area contributed by atoms with Crippen LogP contribution < -0.4 is 10.5 Å². The fraction of sp³-hybridized carbons (Fsp3) is 0.308. The van der Waals surface area contributed by atoms with Crippen LogP contribution in [0.3, 0.4) is 0 Å². The Morgan fingerprint density at radius 1 is 1.06 bits per heavy atom.